The van der Waals surface area contributed by atoms with E-state index in [9.17, 15) is 13.2 Å². The molecule has 0 aliphatic carbocycles. The zero-order valence-corrected chi connectivity index (χ0v) is 11.3. The maximum atomic E-state index is 11.5. The van der Waals surface area contributed by atoms with E-state index in [4.69, 9.17) is 5.11 Å². The average molecular weight is 268 g/mol. The summed E-state index contributed by atoms with van der Waals surface area (Å²) in [7, 11) is -2.91. The second-order valence-corrected chi connectivity index (χ2v) is 6.09. The molecule has 0 rings (SSSR count). The lowest BCUT2D eigenvalue weighted by Gasteiger charge is -2.30. The topological polar surface area (TPSA) is 105 Å². The maximum absolute atomic E-state index is 11.5. The van der Waals surface area contributed by atoms with Crippen molar-refractivity contribution in [3.8, 4) is 0 Å². The van der Waals surface area contributed by atoms with Crippen LogP contribution in [0.2, 0.25) is 0 Å². The number of amides is 1. The minimum absolute atomic E-state index is 0.150. The van der Waals surface area contributed by atoms with Crippen LogP contribution in [0, 0.1) is 5.41 Å². The van der Waals surface area contributed by atoms with Gasteiger partial charge in [-0.05, 0) is 11.8 Å². The third kappa shape index (κ3) is 6.44. The molecule has 1 atom stereocenters. The molecule has 8 heteroatoms. The molecule has 0 bridgehead atoms. The van der Waals surface area contributed by atoms with E-state index in [1.165, 1.54) is 0 Å². The van der Waals surface area contributed by atoms with Crippen molar-refractivity contribution in [1.82, 2.24) is 9.44 Å². The lowest BCUT2D eigenvalue weighted by atomic mass is 9.86. The SMILES string of the molecule is COC(=O)NS(=O)(=O)NC(CCO)C(C)(C)C. The molecule has 0 aromatic rings. The molecule has 0 aliphatic rings. The maximum Gasteiger partial charge on any atom is 0.421 e. The number of aliphatic hydroxyl groups is 1. The lowest BCUT2D eigenvalue weighted by molar-refractivity contribution is 0.177. The highest BCUT2D eigenvalue weighted by molar-refractivity contribution is 7.88. The predicted octanol–water partition coefficient (Wildman–Crippen LogP) is -0.0261. The van der Waals surface area contributed by atoms with Crippen LogP contribution in [0.3, 0.4) is 0 Å². The van der Waals surface area contributed by atoms with Gasteiger partial charge in [0.15, 0.2) is 0 Å². The van der Waals surface area contributed by atoms with E-state index >= 15 is 0 Å². The van der Waals surface area contributed by atoms with Gasteiger partial charge in [-0.15, -0.1) is 0 Å². The van der Waals surface area contributed by atoms with E-state index in [0.717, 1.165) is 7.11 Å². The minimum Gasteiger partial charge on any atom is -0.452 e. The fourth-order valence-corrected chi connectivity index (χ4v) is 2.37. The number of carbonyl (C=O) groups is 1. The molecule has 0 aromatic heterocycles. The van der Waals surface area contributed by atoms with Crippen LogP contribution in [-0.2, 0) is 14.9 Å². The molecular formula is C9H20N2O5S. The van der Waals surface area contributed by atoms with Crippen LogP contribution >= 0.6 is 0 Å². The van der Waals surface area contributed by atoms with E-state index in [1.807, 2.05) is 20.8 Å². The zero-order valence-electron chi connectivity index (χ0n) is 10.5. The molecule has 0 fully saturated rings. The number of carbonyl (C=O) groups excluding carboxylic acids is 1. The van der Waals surface area contributed by atoms with Gasteiger partial charge in [-0.2, -0.15) is 13.1 Å². The van der Waals surface area contributed by atoms with Gasteiger partial charge < -0.3 is 9.84 Å². The molecule has 0 radical (unpaired) electrons. The van der Waals surface area contributed by atoms with Gasteiger partial charge in [0.1, 0.15) is 0 Å². The standard InChI is InChI=1S/C9H20N2O5S/c1-9(2,3)7(5-6-12)10-17(14,15)11-8(13)16-4/h7,10,12H,5-6H2,1-4H3,(H,11,13). The fourth-order valence-electron chi connectivity index (χ4n) is 1.17. The summed E-state index contributed by atoms with van der Waals surface area (Å²) < 4.78 is 31.2. The minimum atomic E-state index is -3.98. The summed E-state index contributed by atoms with van der Waals surface area (Å²) in [5.41, 5.74) is -0.381. The van der Waals surface area contributed by atoms with Crippen LogP contribution in [0.4, 0.5) is 4.79 Å². The van der Waals surface area contributed by atoms with Crippen LogP contribution < -0.4 is 9.44 Å². The molecule has 0 heterocycles. The first kappa shape index (κ1) is 16.1. The van der Waals surface area contributed by atoms with Gasteiger partial charge in [0.2, 0.25) is 0 Å². The van der Waals surface area contributed by atoms with Crippen molar-refractivity contribution in [3.05, 3.63) is 0 Å². The molecule has 17 heavy (non-hydrogen) atoms. The highest BCUT2D eigenvalue weighted by Crippen LogP contribution is 2.22. The van der Waals surface area contributed by atoms with Gasteiger partial charge in [-0.3, -0.25) is 0 Å². The Morgan fingerprint density at radius 1 is 1.41 bits per heavy atom. The van der Waals surface area contributed by atoms with Crippen molar-refractivity contribution in [2.45, 2.75) is 33.2 Å². The summed E-state index contributed by atoms with van der Waals surface area (Å²) in [5, 5.41) is 8.88. The molecule has 0 spiro atoms. The first-order chi connectivity index (χ1) is 7.62. The zero-order chi connectivity index (χ0) is 13.7. The highest BCUT2D eigenvalue weighted by atomic mass is 32.2. The molecular weight excluding hydrogens is 248 g/mol. The average Bonchev–Trinajstić information content (AvgIpc) is 2.14. The van der Waals surface area contributed by atoms with Gasteiger partial charge in [-0.25, -0.2) is 9.52 Å². The van der Waals surface area contributed by atoms with E-state index in [1.54, 1.807) is 4.72 Å². The van der Waals surface area contributed by atoms with Crippen molar-refractivity contribution in [2.24, 2.45) is 5.41 Å². The third-order valence-corrected chi connectivity index (χ3v) is 3.19. The Morgan fingerprint density at radius 2 is 1.94 bits per heavy atom. The van der Waals surface area contributed by atoms with Crippen molar-refractivity contribution >= 4 is 16.3 Å². The van der Waals surface area contributed by atoms with Crippen LogP contribution in [-0.4, -0.2) is 39.4 Å². The van der Waals surface area contributed by atoms with Gasteiger partial charge in [0.25, 0.3) is 0 Å². The summed E-state index contributed by atoms with van der Waals surface area (Å²) in [6, 6.07) is -0.491. The lowest BCUT2D eigenvalue weighted by Crippen LogP contribution is -2.50. The smallest absolute Gasteiger partial charge is 0.421 e. The monoisotopic (exact) mass is 268 g/mol. The molecule has 102 valence electrons. The molecule has 0 saturated carbocycles. The number of methoxy groups -OCH3 is 1. The van der Waals surface area contributed by atoms with E-state index < -0.39 is 22.3 Å². The van der Waals surface area contributed by atoms with Crippen molar-refractivity contribution < 1.29 is 23.1 Å². The Labute approximate surface area is 102 Å². The summed E-state index contributed by atoms with van der Waals surface area (Å²) in [6.07, 6.45) is -0.805. The molecule has 1 amide bonds. The first-order valence-corrected chi connectivity index (χ1v) is 6.59. The Morgan fingerprint density at radius 3 is 2.29 bits per heavy atom. The van der Waals surface area contributed by atoms with Crippen LogP contribution in [0.15, 0.2) is 0 Å². The molecule has 0 aliphatic heterocycles. The number of nitrogens with one attached hydrogen (secondary N) is 2. The molecule has 1 unspecified atom stereocenters. The fraction of sp³-hybridized carbons (Fsp3) is 0.889. The van der Waals surface area contributed by atoms with Crippen LogP contribution in [0.5, 0.6) is 0 Å². The highest BCUT2D eigenvalue weighted by Gasteiger charge is 2.29. The summed E-state index contributed by atoms with van der Waals surface area (Å²) >= 11 is 0. The summed E-state index contributed by atoms with van der Waals surface area (Å²) in [4.78, 5) is 10.8. The molecule has 0 saturated heterocycles. The second kappa shape index (κ2) is 6.18. The number of hydrogen-bond acceptors (Lipinski definition) is 5. The normalized spacial score (nSPS) is 14.2. The number of hydrogen-bond donors (Lipinski definition) is 3. The summed E-state index contributed by atoms with van der Waals surface area (Å²) in [5.74, 6) is 0. The van der Waals surface area contributed by atoms with E-state index in [0.29, 0.717) is 0 Å². The Bertz CT molecular complexity index is 347. The van der Waals surface area contributed by atoms with Crippen LogP contribution in [0.1, 0.15) is 27.2 Å². The number of aliphatic hydroxyl groups excluding tert-OH is 1. The molecule has 7 nitrogen and oxygen atoms in total. The number of ether oxygens (including phenoxy) is 1. The van der Waals surface area contributed by atoms with Gasteiger partial charge in [0.05, 0.1) is 7.11 Å². The van der Waals surface area contributed by atoms with Gasteiger partial charge >= 0.3 is 16.3 Å². The quantitative estimate of drug-likeness (QED) is 0.649. The largest absolute Gasteiger partial charge is 0.452 e. The van der Waals surface area contributed by atoms with Gasteiger partial charge in [-0.1, -0.05) is 20.8 Å². The Kier molecular flexibility index (Phi) is 5.86. The van der Waals surface area contributed by atoms with Crippen LogP contribution in [0.25, 0.3) is 0 Å². The third-order valence-electron chi connectivity index (χ3n) is 2.16. The second-order valence-electron chi connectivity index (χ2n) is 4.65. The first-order valence-electron chi connectivity index (χ1n) is 5.11. The Hall–Kier alpha value is -0.860. The van der Waals surface area contributed by atoms with Crippen molar-refractivity contribution in [3.63, 3.8) is 0 Å². The Balaban J connectivity index is 4.70. The van der Waals surface area contributed by atoms with E-state index in [2.05, 4.69) is 9.46 Å². The van der Waals surface area contributed by atoms with Crippen molar-refractivity contribution in [2.75, 3.05) is 13.7 Å². The predicted molar refractivity (Wildman–Crippen MR) is 62.5 cm³/mol. The number of rotatable bonds is 5. The summed E-state index contributed by atoms with van der Waals surface area (Å²) in [6.45, 7) is 5.33. The van der Waals surface area contributed by atoms with Gasteiger partial charge in [0, 0.05) is 12.6 Å². The molecule has 0 aromatic carbocycles. The molecule has 3 N–H and O–H groups in total. The van der Waals surface area contributed by atoms with E-state index in [-0.39, 0.29) is 18.4 Å². The van der Waals surface area contributed by atoms with Crippen molar-refractivity contribution in [1.29, 1.82) is 0 Å².